The highest BCUT2D eigenvalue weighted by Crippen LogP contribution is 2.31. The van der Waals surface area contributed by atoms with Crippen LogP contribution in [0.15, 0.2) is 112 Å². The molecule has 0 aliphatic rings. The number of ether oxygens (including phenoxy) is 2. The van der Waals surface area contributed by atoms with E-state index in [0.717, 1.165) is 5.69 Å². The standard InChI is InChI=1S/C18H14FN7O2.C18H15N7O2/c1-27-13-8-3-2-7-12(13)16-22-15(26-28-16)14-23-17(20)25-18(24-14)21-11-6-4-5-10(19)9-11;1-26-13-10-6-5-9-12(13)16-21-15(25-27-16)14-22-17(19)24-18(23-14)20-11-7-3-2-4-8-11/h2-9H,1H3,(H3,20,21,23,24,25);2-10H,1H3,(H3,19,20,22,23,24). The van der Waals surface area contributed by atoms with Crippen LogP contribution in [-0.2, 0) is 0 Å². The lowest BCUT2D eigenvalue weighted by Gasteiger charge is -2.06. The molecule has 4 aromatic heterocycles. The molecular formula is C36H29FN14O4. The molecule has 18 nitrogen and oxygen atoms in total. The Labute approximate surface area is 310 Å². The molecule has 0 aliphatic carbocycles. The Kier molecular flexibility index (Phi) is 10.3. The van der Waals surface area contributed by atoms with Crippen molar-refractivity contribution in [2.75, 3.05) is 36.3 Å². The molecule has 0 spiro atoms. The third kappa shape index (κ3) is 8.52. The van der Waals surface area contributed by atoms with Crippen molar-refractivity contribution in [3.05, 3.63) is 109 Å². The molecule has 0 fully saturated rings. The zero-order valence-corrected chi connectivity index (χ0v) is 29.0. The lowest BCUT2D eigenvalue weighted by atomic mass is 10.2. The van der Waals surface area contributed by atoms with E-state index in [0.29, 0.717) is 34.2 Å². The number of benzene rings is 4. The summed E-state index contributed by atoms with van der Waals surface area (Å²) >= 11 is 0. The minimum atomic E-state index is -0.396. The molecule has 8 aromatic rings. The van der Waals surface area contributed by atoms with Gasteiger partial charge in [-0.05, 0) is 54.6 Å². The van der Waals surface area contributed by atoms with Gasteiger partial charge in [-0.3, -0.25) is 0 Å². The fourth-order valence-corrected chi connectivity index (χ4v) is 4.93. The first-order valence-corrected chi connectivity index (χ1v) is 16.2. The molecule has 4 aromatic carbocycles. The molecule has 0 aliphatic heterocycles. The third-order valence-corrected chi connectivity index (χ3v) is 7.34. The minimum Gasteiger partial charge on any atom is -0.496 e. The van der Waals surface area contributed by atoms with Gasteiger partial charge in [-0.25, -0.2) is 4.39 Å². The van der Waals surface area contributed by atoms with E-state index in [4.69, 9.17) is 30.0 Å². The Balaban J connectivity index is 0.000000169. The van der Waals surface area contributed by atoms with Crippen molar-refractivity contribution in [1.29, 1.82) is 0 Å². The SMILES string of the molecule is COc1ccccc1-c1nc(-c2nc(N)nc(Nc3cccc(F)c3)n2)no1.COc1ccccc1-c1nc(-c2nc(N)nc(Nc3ccccc3)n2)no1. The van der Waals surface area contributed by atoms with E-state index in [1.54, 1.807) is 38.5 Å². The van der Waals surface area contributed by atoms with Gasteiger partial charge in [0.15, 0.2) is 0 Å². The predicted octanol–water partition coefficient (Wildman–Crippen LogP) is 5.99. The van der Waals surface area contributed by atoms with Crippen LogP contribution in [0.1, 0.15) is 0 Å². The molecule has 274 valence electrons. The van der Waals surface area contributed by atoms with Gasteiger partial charge in [0.05, 0.1) is 25.3 Å². The fourth-order valence-electron chi connectivity index (χ4n) is 4.93. The molecule has 0 amide bonds. The Morgan fingerprint density at radius 1 is 0.509 bits per heavy atom. The molecule has 0 bridgehead atoms. The first-order chi connectivity index (χ1) is 26.8. The lowest BCUT2D eigenvalue weighted by molar-refractivity contribution is 0.405. The highest BCUT2D eigenvalue weighted by atomic mass is 19.1. The van der Waals surface area contributed by atoms with Gasteiger partial charge in [-0.15, -0.1) is 0 Å². The van der Waals surface area contributed by atoms with Crippen LogP contribution < -0.4 is 31.6 Å². The summed E-state index contributed by atoms with van der Waals surface area (Å²) in [6, 6.07) is 29.9. The molecule has 8 rings (SSSR count). The monoisotopic (exact) mass is 740 g/mol. The summed E-state index contributed by atoms with van der Waals surface area (Å²) in [4.78, 5) is 33.4. The largest absolute Gasteiger partial charge is 0.496 e. The molecule has 55 heavy (non-hydrogen) atoms. The fraction of sp³-hybridized carbons (Fsp3) is 0.0556. The van der Waals surface area contributed by atoms with Crippen LogP contribution in [0.5, 0.6) is 11.5 Å². The minimum absolute atomic E-state index is 0.0436. The first kappa shape index (κ1) is 35.3. The van der Waals surface area contributed by atoms with Crippen molar-refractivity contribution in [3.63, 3.8) is 0 Å². The number of nitrogens with one attached hydrogen (secondary N) is 2. The molecule has 0 saturated carbocycles. The predicted molar refractivity (Wildman–Crippen MR) is 198 cm³/mol. The molecular weight excluding hydrogens is 711 g/mol. The molecule has 4 heterocycles. The Morgan fingerprint density at radius 3 is 1.49 bits per heavy atom. The number of halogens is 1. The first-order valence-electron chi connectivity index (χ1n) is 16.2. The van der Waals surface area contributed by atoms with Crippen LogP contribution in [0.25, 0.3) is 46.2 Å². The van der Waals surface area contributed by atoms with Crippen molar-refractivity contribution in [2.45, 2.75) is 0 Å². The average molecular weight is 741 g/mol. The quantitative estimate of drug-likeness (QED) is 0.126. The maximum Gasteiger partial charge on any atom is 0.262 e. The maximum atomic E-state index is 13.4. The van der Waals surface area contributed by atoms with Crippen LogP contribution in [-0.4, -0.2) is 64.4 Å². The number of aromatic nitrogens is 10. The van der Waals surface area contributed by atoms with Crippen LogP contribution in [0.4, 0.5) is 39.6 Å². The summed E-state index contributed by atoms with van der Waals surface area (Å²) in [5.41, 5.74) is 14.1. The third-order valence-electron chi connectivity index (χ3n) is 7.34. The molecule has 19 heteroatoms. The number of para-hydroxylation sites is 3. The zero-order valence-electron chi connectivity index (χ0n) is 29.0. The maximum absolute atomic E-state index is 13.4. The molecule has 6 N–H and O–H groups in total. The number of hydrogen-bond acceptors (Lipinski definition) is 18. The summed E-state index contributed by atoms with van der Waals surface area (Å²) in [6.45, 7) is 0. The number of hydrogen-bond donors (Lipinski definition) is 4. The van der Waals surface area contributed by atoms with Crippen LogP contribution in [0.2, 0.25) is 0 Å². The summed E-state index contributed by atoms with van der Waals surface area (Å²) in [5, 5.41) is 13.8. The highest BCUT2D eigenvalue weighted by molar-refractivity contribution is 5.66. The highest BCUT2D eigenvalue weighted by Gasteiger charge is 2.19. The Hall–Kier alpha value is -8.09. The molecule has 0 radical (unpaired) electrons. The number of methoxy groups -OCH3 is 2. The van der Waals surface area contributed by atoms with Gasteiger partial charge in [0, 0.05) is 11.4 Å². The van der Waals surface area contributed by atoms with Gasteiger partial charge in [-0.2, -0.15) is 39.9 Å². The van der Waals surface area contributed by atoms with E-state index in [-0.39, 0.29) is 53.0 Å². The van der Waals surface area contributed by atoms with E-state index in [1.807, 2.05) is 66.7 Å². The van der Waals surface area contributed by atoms with Gasteiger partial charge in [0.1, 0.15) is 17.3 Å². The van der Waals surface area contributed by atoms with Crippen molar-refractivity contribution in [3.8, 4) is 57.7 Å². The van der Waals surface area contributed by atoms with Crippen molar-refractivity contribution >= 4 is 35.2 Å². The van der Waals surface area contributed by atoms with Gasteiger partial charge in [0.2, 0.25) is 47.1 Å². The van der Waals surface area contributed by atoms with E-state index < -0.39 is 5.82 Å². The number of anilines is 6. The summed E-state index contributed by atoms with van der Waals surface area (Å²) < 4.78 is 34.6. The van der Waals surface area contributed by atoms with Crippen molar-refractivity contribution in [1.82, 2.24) is 50.2 Å². The Morgan fingerprint density at radius 2 is 0.982 bits per heavy atom. The summed E-state index contributed by atoms with van der Waals surface area (Å²) in [5.74, 6) is 2.37. The summed E-state index contributed by atoms with van der Waals surface area (Å²) in [7, 11) is 3.12. The second-order valence-corrected chi connectivity index (χ2v) is 11.1. The van der Waals surface area contributed by atoms with E-state index in [9.17, 15) is 4.39 Å². The Bertz CT molecular complexity index is 2550. The molecule has 0 saturated heterocycles. The van der Waals surface area contributed by atoms with Crippen molar-refractivity contribution in [2.24, 2.45) is 0 Å². The van der Waals surface area contributed by atoms with E-state index >= 15 is 0 Å². The van der Waals surface area contributed by atoms with Gasteiger partial charge < -0.3 is 40.6 Å². The number of nitrogens with two attached hydrogens (primary N) is 2. The molecule has 0 atom stereocenters. The van der Waals surface area contributed by atoms with Crippen LogP contribution >= 0.6 is 0 Å². The average Bonchev–Trinajstić information content (AvgIpc) is 3.90. The normalized spacial score (nSPS) is 10.6. The number of nitrogen functional groups attached to an aromatic ring is 2. The van der Waals surface area contributed by atoms with Gasteiger partial charge in [-0.1, -0.05) is 58.8 Å². The van der Waals surface area contributed by atoms with Gasteiger partial charge >= 0.3 is 0 Å². The van der Waals surface area contributed by atoms with Crippen molar-refractivity contribution < 1.29 is 22.9 Å². The van der Waals surface area contributed by atoms with E-state index in [1.165, 1.54) is 12.1 Å². The lowest BCUT2D eigenvalue weighted by Crippen LogP contribution is -2.05. The number of nitrogens with zero attached hydrogens (tertiary/aromatic N) is 10. The van der Waals surface area contributed by atoms with Crippen LogP contribution in [0.3, 0.4) is 0 Å². The van der Waals surface area contributed by atoms with Gasteiger partial charge in [0.25, 0.3) is 11.8 Å². The van der Waals surface area contributed by atoms with E-state index in [2.05, 4.69) is 60.8 Å². The van der Waals surface area contributed by atoms with Crippen LogP contribution in [0, 0.1) is 5.82 Å². The molecule has 0 unspecified atom stereocenters. The second-order valence-electron chi connectivity index (χ2n) is 11.1. The second kappa shape index (κ2) is 16.1. The smallest absolute Gasteiger partial charge is 0.262 e. The number of rotatable bonds is 10. The topological polar surface area (TPSA) is 250 Å². The summed E-state index contributed by atoms with van der Waals surface area (Å²) in [6.07, 6.45) is 0. The zero-order chi connectivity index (χ0) is 38.1.